The van der Waals surface area contributed by atoms with Gasteiger partial charge in [-0.3, -0.25) is 4.79 Å². The lowest BCUT2D eigenvalue weighted by atomic mass is 10.1. The zero-order chi connectivity index (χ0) is 13.4. The summed E-state index contributed by atoms with van der Waals surface area (Å²) in [6.07, 6.45) is 0.619. The van der Waals surface area contributed by atoms with Crippen molar-refractivity contribution in [2.75, 3.05) is 11.4 Å². The topological polar surface area (TPSA) is 20.3 Å². The van der Waals surface area contributed by atoms with E-state index in [-0.39, 0.29) is 11.5 Å². The number of hydrogen-bond acceptors (Lipinski definition) is 1. The summed E-state index contributed by atoms with van der Waals surface area (Å²) in [5.41, 5.74) is 1.36. The van der Waals surface area contributed by atoms with Gasteiger partial charge in [-0.25, -0.2) is 8.78 Å². The minimum atomic E-state index is -0.473. The maximum Gasteiger partial charge on any atom is 0.258 e. The molecule has 0 unspecified atom stereocenters. The third kappa shape index (κ3) is 1.99. The van der Waals surface area contributed by atoms with Crippen molar-refractivity contribution in [1.82, 2.24) is 0 Å². The molecular weight excluding hydrogens is 248 g/mol. The van der Waals surface area contributed by atoms with E-state index in [9.17, 15) is 13.6 Å². The Kier molecular flexibility index (Phi) is 2.78. The lowest BCUT2D eigenvalue weighted by Gasteiger charge is -2.17. The van der Waals surface area contributed by atoms with Crippen molar-refractivity contribution in [3.63, 3.8) is 0 Å². The van der Waals surface area contributed by atoms with Crippen LogP contribution in [0.1, 0.15) is 15.9 Å². The van der Waals surface area contributed by atoms with Gasteiger partial charge in [-0.1, -0.05) is 18.2 Å². The molecule has 96 valence electrons. The minimum absolute atomic E-state index is 0.233. The number of carbonyl (C=O) groups excluding carboxylic acids is 1. The van der Waals surface area contributed by atoms with Crippen molar-refractivity contribution in [3.8, 4) is 0 Å². The quantitative estimate of drug-likeness (QED) is 0.770. The molecule has 0 atom stereocenters. The van der Waals surface area contributed by atoms with Crippen LogP contribution in [0, 0.1) is 11.6 Å². The average molecular weight is 259 g/mol. The number of benzene rings is 2. The highest BCUT2D eigenvalue weighted by molar-refractivity contribution is 6.07. The molecule has 0 saturated carbocycles. The number of fused-ring (bicyclic) bond motifs is 1. The second-order valence-corrected chi connectivity index (χ2v) is 4.46. The summed E-state index contributed by atoms with van der Waals surface area (Å²) in [4.78, 5) is 13.7. The van der Waals surface area contributed by atoms with Crippen LogP contribution in [0.5, 0.6) is 0 Å². The van der Waals surface area contributed by atoms with Crippen LogP contribution in [0.3, 0.4) is 0 Å². The fraction of sp³-hybridized carbons (Fsp3) is 0.133. The highest BCUT2D eigenvalue weighted by atomic mass is 19.1. The van der Waals surface area contributed by atoms with E-state index in [1.807, 2.05) is 0 Å². The van der Waals surface area contributed by atoms with Gasteiger partial charge in [0, 0.05) is 12.1 Å². The molecule has 0 fully saturated rings. The SMILES string of the molecule is O=C(c1cccc(F)c1)N1CCc2cccc(F)c21. The Morgan fingerprint density at radius 1 is 1.11 bits per heavy atom. The Morgan fingerprint density at radius 2 is 1.89 bits per heavy atom. The Bertz CT molecular complexity index is 654. The number of nitrogens with zero attached hydrogens (tertiary/aromatic N) is 1. The molecule has 0 radical (unpaired) electrons. The fourth-order valence-corrected chi connectivity index (χ4v) is 2.39. The van der Waals surface area contributed by atoms with E-state index in [1.54, 1.807) is 12.1 Å². The molecule has 0 saturated heterocycles. The van der Waals surface area contributed by atoms with Crippen LogP contribution in [0.2, 0.25) is 0 Å². The number of rotatable bonds is 1. The maximum atomic E-state index is 13.8. The number of para-hydroxylation sites is 1. The van der Waals surface area contributed by atoms with Gasteiger partial charge in [-0.15, -0.1) is 0 Å². The smallest absolute Gasteiger partial charge is 0.258 e. The zero-order valence-corrected chi connectivity index (χ0v) is 10.1. The molecule has 3 rings (SSSR count). The van der Waals surface area contributed by atoms with Crippen LogP contribution in [-0.4, -0.2) is 12.5 Å². The van der Waals surface area contributed by atoms with Gasteiger partial charge in [0.2, 0.25) is 0 Å². The van der Waals surface area contributed by atoms with Crippen LogP contribution in [0.15, 0.2) is 42.5 Å². The summed E-state index contributed by atoms with van der Waals surface area (Å²) in [5.74, 6) is -1.26. The molecule has 1 aliphatic heterocycles. The number of carbonyl (C=O) groups is 1. The number of anilines is 1. The highest BCUT2D eigenvalue weighted by Gasteiger charge is 2.28. The first kappa shape index (κ1) is 11.8. The van der Waals surface area contributed by atoms with E-state index in [2.05, 4.69) is 0 Å². The van der Waals surface area contributed by atoms with E-state index in [0.29, 0.717) is 18.7 Å². The number of amides is 1. The van der Waals surface area contributed by atoms with E-state index < -0.39 is 11.6 Å². The lowest BCUT2D eigenvalue weighted by molar-refractivity contribution is 0.0988. The minimum Gasteiger partial charge on any atom is -0.305 e. The van der Waals surface area contributed by atoms with Gasteiger partial charge in [0.1, 0.15) is 11.6 Å². The highest BCUT2D eigenvalue weighted by Crippen LogP contribution is 2.31. The molecule has 0 spiro atoms. The molecule has 0 bridgehead atoms. The molecule has 2 nitrogen and oxygen atoms in total. The Balaban J connectivity index is 2.00. The number of halogens is 2. The second kappa shape index (κ2) is 4.46. The molecule has 1 heterocycles. The summed E-state index contributed by atoms with van der Waals surface area (Å²) < 4.78 is 27.0. The predicted octanol–water partition coefficient (Wildman–Crippen LogP) is 3.17. The summed E-state index contributed by atoms with van der Waals surface area (Å²) in [7, 11) is 0. The largest absolute Gasteiger partial charge is 0.305 e. The molecule has 4 heteroatoms. The fourth-order valence-electron chi connectivity index (χ4n) is 2.39. The normalized spacial score (nSPS) is 13.5. The first-order chi connectivity index (χ1) is 9.16. The molecule has 0 aliphatic carbocycles. The van der Waals surface area contributed by atoms with Crippen molar-refractivity contribution >= 4 is 11.6 Å². The molecular formula is C15H11F2NO. The Hall–Kier alpha value is -2.23. The van der Waals surface area contributed by atoms with E-state index >= 15 is 0 Å². The van der Waals surface area contributed by atoms with E-state index in [1.165, 1.54) is 35.2 Å². The van der Waals surface area contributed by atoms with Gasteiger partial charge in [0.15, 0.2) is 0 Å². The molecule has 0 N–H and O–H groups in total. The van der Waals surface area contributed by atoms with Gasteiger partial charge in [-0.2, -0.15) is 0 Å². The van der Waals surface area contributed by atoms with Gasteiger partial charge in [0.25, 0.3) is 5.91 Å². The second-order valence-electron chi connectivity index (χ2n) is 4.46. The third-order valence-electron chi connectivity index (χ3n) is 3.26. The first-order valence-electron chi connectivity index (χ1n) is 6.01. The molecule has 2 aromatic carbocycles. The van der Waals surface area contributed by atoms with Crippen molar-refractivity contribution < 1.29 is 13.6 Å². The van der Waals surface area contributed by atoms with Crippen molar-refractivity contribution in [3.05, 3.63) is 65.2 Å². The zero-order valence-electron chi connectivity index (χ0n) is 10.1. The third-order valence-corrected chi connectivity index (χ3v) is 3.26. The maximum absolute atomic E-state index is 13.8. The molecule has 2 aromatic rings. The first-order valence-corrected chi connectivity index (χ1v) is 6.01. The standard InChI is InChI=1S/C15H11F2NO/c16-12-5-1-4-11(9-12)15(19)18-8-7-10-3-2-6-13(17)14(10)18/h1-6,9H,7-8H2. The van der Waals surface area contributed by atoms with Crippen LogP contribution in [-0.2, 0) is 6.42 Å². The Labute approximate surface area is 109 Å². The van der Waals surface area contributed by atoms with Gasteiger partial charge in [0.05, 0.1) is 5.69 Å². The lowest BCUT2D eigenvalue weighted by Crippen LogP contribution is -2.29. The van der Waals surface area contributed by atoms with Crippen molar-refractivity contribution in [1.29, 1.82) is 0 Å². The predicted molar refractivity (Wildman–Crippen MR) is 68.2 cm³/mol. The van der Waals surface area contributed by atoms with Crippen LogP contribution < -0.4 is 4.90 Å². The summed E-state index contributed by atoms with van der Waals surface area (Å²) in [6, 6.07) is 10.2. The van der Waals surface area contributed by atoms with Crippen LogP contribution in [0.25, 0.3) is 0 Å². The summed E-state index contributed by atoms with van der Waals surface area (Å²) in [6.45, 7) is 0.422. The summed E-state index contributed by atoms with van der Waals surface area (Å²) >= 11 is 0. The molecule has 1 amide bonds. The van der Waals surface area contributed by atoms with Gasteiger partial charge < -0.3 is 4.90 Å². The van der Waals surface area contributed by atoms with E-state index in [0.717, 1.165) is 5.56 Å². The van der Waals surface area contributed by atoms with Crippen LogP contribution in [0.4, 0.5) is 14.5 Å². The monoisotopic (exact) mass is 259 g/mol. The summed E-state index contributed by atoms with van der Waals surface area (Å²) in [5, 5.41) is 0. The van der Waals surface area contributed by atoms with E-state index in [4.69, 9.17) is 0 Å². The molecule has 0 aromatic heterocycles. The Morgan fingerprint density at radius 3 is 2.68 bits per heavy atom. The van der Waals surface area contributed by atoms with Crippen LogP contribution >= 0.6 is 0 Å². The van der Waals surface area contributed by atoms with Crippen molar-refractivity contribution in [2.24, 2.45) is 0 Å². The molecule has 1 aliphatic rings. The number of hydrogen-bond donors (Lipinski definition) is 0. The van der Waals surface area contributed by atoms with Crippen molar-refractivity contribution in [2.45, 2.75) is 6.42 Å². The molecule has 19 heavy (non-hydrogen) atoms. The van der Waals surface area contributed by atoms with Gasteiger partial charge >= 0.3 is 0 Å². The average Bonchev–Trinajstić information content (AvgIpc) is 2.83. The van der Waals surface area contributed by atoms with Gasteiger partial charge in [-0.05, 0) is 36.2 Å².